The van der Waals surface area contributed by atoms with Crippen LogP contribution in [0, 0.1) is 0 Å². The molecule has 0 radical (unpaired) electrons. The summed E-state index contributed by atoms with van der Waals surface area (Å²) in [7, 11) is 0. The van der Waals surface area contributed by atoms with Crippen molar-refractivity contribution in [2.75, 3.05) is 18.1 Å². The summed E-state index contributed by atoms with van der Waals surface area (Å²) in [5.74, 6) is 0.797. The summed E-state index contributed by atoms with van der Waals surface area (Å²) >= 11 is 5.65. The van der Waals surface area contributed by atoms with Gasteiger partial charge in [0.2, 0.25) is 0 Å². The van der Waals surface area contributed by atoms with E-state index < -0.39 is 0 Å². The Kier molecular flexibility index (Phi) is 2.84. The van der Waals surface area contributed by atoms with Crippen molar-refractivity contribution < 1.29 is 5.11 Å². The van der Waals surface area contributed by atoms with Gasteiger partial charge in [-0.05, 0) is 25.0 Å². The Labute approximate surface area is 87.5 Å². The van der Waals surface area contributed by atoms with Crippen LogP contribution in [0.3, 0.4) is 0 Å². The molecule has 14 heavy (non-hydrogen) atoms. The van der Waals surface area contributed by atoms with Gasteiger partial charge in [-0.15, -0.1) is 10.2 Å². The summed E-state index contributed by atoms with van der Waals surface area (Å²) < 4.78 is 0. The Balaban J connectivity index is 2.17. The second-order valence-electron chi connectivity index (χ2n) is 3.39. The predicted octanol–water partition coefficient (Wildman–Crippen LogP) is 1.09. The molecule has 1 atom stereocenters. The third-order valence-corrected chi connectivity index (χ3v) is 2.70. The highest BCUT2D eigenvalue weighted by molar-refractivity contribution is 6.29. The number of rotatable bonds is 2. The zero-order valence-corrected chi connectivity index (χ0v) is 8.48. The van der Waals surface area contributed by atoms with E-state index in [4.69, 9.17) is 16.7 Å². The van der Waals surface area contributed by atoms with Crippen molar-refractivity contribution >= 4 is 17.4 Å². The molecule has 0 aliphatic carbocycles. The average Bonchev–Trinajstić information content (AvgIpc) is 2.67. The first-order valence-electron chi connectivity index (χ1n) is 4.68. The molecular formula is C9H12ClN3O. The van der Waals surface area contributed by atoms with Gasteiger partial charge in [-0.25, -0.2) is 0 Å². The van der Waals surface area contributed by atoms with Crippen LogP contribution in [-0.4, -0.2) is 34.5 Å². The molecule has 1 N–H and O–H groups in total. The minimum Gasteiger partial charge on any atom is -0.394 e. The summed E-state index contributed by atoms with van der Waals surface area (Å²) in [5, 5.41) is 17.3. The van der Waals surface area contributed by atoms with Crippen LogP contribution >= 0.6 is 11.6 Å². The summed E-state index contributed by atoms with van der Waals surface area (Å²) in [4.78, 5) is 2.07. The van der Waals surface area contributed by atoms with E-state index in [-0.39, 0.29) is 12.6 Å². The molecule has 1 fully saturated rings. The van der Waals surface area contributed by atoms with Crippen molar-refractivity contribution in [1.29, 1.82) is 0 Å². The maximum absolute atomic E-state index is 9.14. The van der Waals surface area contributed by atoms with E-state index in [0.717, 1.165) is 25.2 Å². The second-order valence-corrected chi connectivity index (χ2v) is 3.77. The van der Waals surface area contributed by atoms with Crippen LogP contribution in [0.2, 0.25) is 5.15 Å². The van der Waals surface area contributed by atoms with Crippen molar-refractivity contribution in [3.05, 3.63) is 17.3 Å². The predicted molar refractivity (Wildman–Crippen MR) is 54.5 cm³/mol. The molecule has 2 rings (SSSR count). The largest absolute Gasteiger partial charge is 0.394 e. The van der Waals surface area contributed by atoms with E-state index in [1.807, 2.05) is 6.07 Å². The molecule has 2 heterocycles. The number of aliphatic hydroxyl groups excluding tert-OH is 1. The van der Waals surface area contributed by atoms with E-state index in [2.05, 4.69) is 15.1 Å². The highest BCUT2D eigenvalue weighted by Crippen LogP contribution is 2.23. The van der Waals surface area contributed by atoms with Crippen LogP contribution in [0.4, 0.5) is 5.82 Å². The molecule has 76 valence electrons. The molecule has 0 amide bonds. The fourth-order valence-electron chi connectivity index (χ4n) is 1.79. The third kappa shape index (κ3) is 1.81. The van der Waals surface area contributed by atoms with Gasteiger partial charge >= 0.3 is 0 Å². The minimum absolute atomic E-state index is 0.171. The third-order valence-electron chi connectivity index (χ3n) is 2.50. The zero-order valence-electron chi connectivity index (χ0n) is 7.73. The number of aliphatic hydroxyl groups is 1. The van der Waals surface area contributed by atoms with Gasteiger partial charge in [0.1, 0.15) is 0 Å². The molecule has 5 heteroatoms. The lowest BCUT2D eigenvalue weighted by Gasteiger charge is -2.23. The molecule has 1 aliphatic heterocycles. The first-order valence-corrected chi connectivity index (χ1v) is 5.06. The molecule has 1 saturated heterocycles. The quantitative estimate of drug-likeness (QED) is 0.799. The van der Waals surface area contributed by atoms with Crippen molar-refractivity contribution in [2.24, 2.45) is 0 Å². The lowest BCUT2D eigenvalue weighted by Crippen LogP contribution is -2.32. The lowest BCUT2D eigenvalue weighted by molar-refractivity contribution is 0.266. The van der Waals surface area contributed by atoms with Gasteiger partial charge in [0.15, 0.2) is 11.0 Å². The Hall–Kier alpha value is -0.870. The number of aromatic nitrogens is 2. The van der Waals surface area contributed by atoms with E-state index in [9.17, 15) is 0 Å². The standard InChI is InChI=1S/C9H12ClN3O/c10-8-3-4-9(12-11-8)13-5-1-2-7(13)6-14/h3-4,7,14H,1-2,5-6H2/t7-/m1/s1. The number of hydrogen-bond acceptors (Lipinski definition) is 4. The molecule has 0 saturated carbocycles. The Morgan fingerprint density at radius 3 is 3.00 bits per heavy atom. The average molecular weight is 214 g/mol. The SMILES string of the molecule is OC[C@H]1CCCN1c1ccc(Cl)nn1. The number of anilines is 1. The van der Waals surface area contributed by atoms with Gasteiger partial charge in [0, 0.05) is 6.54 Å². The Bertz CT molecular complexity index is 303. The van der Waals surface area contributed by atoms with E-state index >= 15 is 0 Å². The second kappa shape index (κ2) is 4.11. The first-order chi connectivity index (χ1) is 6.81. The van der Waals surface area contributed by atoms with Gasteiger partial charge in [0.25, 0.3) is 0 Å². The van der Waals surface area contributed by atoms with E-state index in [0.29, 0.717) is 5.15 Å². The maximum atomic E-state index is 9.14. The molecule has 1 aromatic rings. The van der Waals surface area contributed by atoms with Gasteiger partial charge < -0.3 is 10.0 Å². The van der Waals surface area contributed by atoms with E-state index in [1.54, 1.807) is 6.07 Å². The normalized spacial score (nSPS) is 21.6. The van der Waals surface area contributed by atoms with Crippen LogP contribution in [0.1, 0.15) is 12.8 Å². The molecule has 1 aliphatic rings. The fraction of sp³-hybridized carbons (Fsp3) is 0.556. The molecule has 0 aromatic carbocycles. The Morgan fingerprint density at radius 2 is 2.36 bits per heavy atom. The van der Waals surface area contributed by atoms with Crippen LogP contribution in [0.5, 0.6) is 0 Å². The zero-order chi connectivity index (χ0) is 9.97. The topological polar surface area (TPSA) is 49.2 Å². The highest BCUT2D eigenvalue weighted by atomic mass is 35.5. The number of halogens is 1. The Morgan fingerprint density at radius 1 is 1.50 bits per heavy atom. The molecular weight excluding hydrogens is 202 g/mol. The molecule has 1 aromatic heterocycles. The van der Waals surface area contributed by atoms with E-state index in [1.165, 1.54) is 0 Å². The van der Waals surface area contributed by atoms with Gasteiger partial charge in [-0.3, -0.25) is 0 Å². The fourth-order valence-corrected chi connectivity index (χ4v) is 1.89. The van der Waals surface area contributed by atoms with Crippen LogP contribution in [0.15, 0.2) is 12.1 Å². The van der Waals surface area contributed by atoms with Crippen molar-refractivity contribution in [1.82, 2.24) is 10.2 Å². The van der Waals surface area contributed by atoms with Crippen molar-refractivity contribution in [3.63, 3.8) is 0 Å². The smallest absolute Gasteiger partial charge is 0.151 e. The first kappa shape index (κ1) is 9.68. The molecule has 0 spiro atoms. The molecule has 0 unspecified atom stereocenters. The highest BCUT2D eigenvalue weighted by Gasteiger charge is 2.24. The number of hydrogen-bond donors (Lipinski definition) is 1. The minimum atomic E-state index is 0.171. The number of nitrogens with zero attached hydrogens (tertiary/aromatic N) is 3. The summed E-state index contributed by atoms with van der Waals surface area (Å²) in [6.07, 6.45) is 2.11. The maximum Gasteiger partial charge on any atom is 0.151 e. The van der Waals surface area contributed by atoms with Crippen LogP contribution < -0.4 is 4.90 Å². The van der Waals surface area contributed by atoms with Gasteiger partial charge in [-0.1, -0.05) is 11.6 Å². The van der Waals surface area contributed by atoms with Gasteiger partial charge in [-0.2, -0.15) is 0 Å². The summed E-state index contributed by atoms with van der Waals surface area (Å²) in [6.45, 7) is 1.10. The van der Waals surface area contributed by atoms with Crippen LogP contribution in [-0.2, 0) is 0 Å². The van der Waals surface area contributed by atoms with Crippen molar-refractivity contribution in [3.8, 4) is 0 Å². The summed E-state index contributed by atoms with van der Waals surface area (Å²) in [5.41, 5.74) is 0. The van der Waals surface area contributed by atoms with Crippen molar-refractivity contribution in [2.45, 2.75) is 18.9 Å². The summed E-state index contributed by atoms with van der Waals surface area (Å²) in [6, 6.07) is 3.74. The lowest BCUT2D eigenvalue weighted by atomic mass is 10.2. The van der Waals surface area contributed by atoms with Crippen LogP contribution in [0.25, 0.3) is 0 Å². The van der Waals surface area contributed by atoms with Gasteiger partial charge in [0.05, 0.1) is 12.6 Å². The molecule has 0 bridgehead atoms. The monoisotopic (exact) mass is 213 g/mol. The molecule has 4 nitrogen and oxygen atoms in total.